The summed E-state index contributed by atoms with van der Waals surface area (Å²) in [7, 11) is 1.85. The molecule has 0 bridgehead atoms. The van der Waals surface area contributed by atoms with Crippen LogP contribution in [-0.4, -0.2) is 32.1 Å². The molecular weight excluding hydrogens is 238 g/mol. The van der Waals surface area contributed by atoms with Crippen molar-refractivity contribution < 1.29 is 4.79 Å². The Morgan fingerprint density at radius 2 is 2.11 bits per heavy atom. The number of nitrogens with zero attached hydrogens (tertiary/aromatic N) is 1. The second-order valence-corrected chi connectivity index (χ2v) is 5.45. The molecule has 1 heterocycles. The fourth-order valence-corrected chi connectivity index (χ4v) is 2.54. The number of carbonyl (C=O) groups excluding carboxylic acids is 1. The van der Waals surface area contributed by atoms with Crippen LogP contribution in [0.2, 0.25) is 0 Å². The number of fused-ring (bicyclic) bond motifs is 1. The Morgan fingerprint density at radius 1 is 1.26 bits per heavy atom. The van der Waals surface area contributed by atoms with Gasteiger partial charge in [-0.05, 0) is 43.0 Å². The molecule has 0 unspecified atom stereocenters. The maximum atomic E-state index is 11.6. The summed E-state index contributed by atoms with van der Waals surface area (Å²) in [5.74, 6) is 0.210. The standard InChI is InChI=1S/C15H21N3O/c1-18-14-6-5-13(10-11(14)2-7-15(18)19)17-9-8-16-12-3-4-12/h5-6,10,12,16-17H,2-4,7-9H2,1H3. The molecule has 1 aromatic carbocycles. The van der Waals surface area contributed by atoms with Gasteiger partial charge in [0.1, 0.15) is 0 Å². The first kappa shape index (κ1) is 12.5. The van der Waals surface area contributed by atoms with E-state index in [1.54, 1.807) is 4.90 Å². The van der Waals surface area contributed by atoms with Crippen LogP contribution in [0.3, 0.4) is 0 Å². The molecular formula is C15H21N3O. The smallest absolute Gasteiger partial charge is 0.227 e. The maximum Gasteiger partial charge on any atom is 0.227 e. The predicted molar refractivity (Wildman–Crippen MR) is 77.7 cm³/mol. The Bertz CT molecular complexity index is 482. The number of rotatable bonds is 5. The molecule has 1 aromatic rings. The molecule has 19 heavy (non-hydrogen) atoms. The van der Waals surface area contributed by atoms with Gasteiger partial charge >= 0.3 is 0 Å². The summed E-state index contributed by atoms with van der Waals surface area (Å²) < 4.78 is 0. The molecule has 102 valence electrons. The zero-order chi connectivity index (χ0) is 13.2. The van der Waals surface area contributed by atoms with Crippen LogP contribution in [0.25, 0.3) is 0 Å². The van der Waals surface area contributed by atoms with E-state index in [2.05, 4.69) is 22.8 Å². The van der Waals surface area contributed by atoms with Gasteiger partial charge in [0.2, 0.25) is 5.91 Å². The van der Waals surface area contributed by atoms with E-state index in [-0.39, 0.29) is 5.91 Å². The van der Waals surface area contributed by atoms with Crippen LogP contribution >= 0.6 is 0 Å². The average Bonchev–Trinajstić information content (AvgIpc) is 3.23. The van der Waals surface area contributed by atoms with Crippen molar-refractivity contribution in [2.45, 2.75) is 31.7 Å². The monoisotopic (exact) mass is 259 g/mol. The summed E-state index contributed by atoms with van der Waals surface area (Å²) in [6.45, 7) is 1.96. The van der Waals surface area contributed by atoms with Crippen molar-refractivity contribution in [1.82, 2.24) is 5.32 Å². The Kier molecular flexibility index (Phi) is 3.42. The number of amides is 1. The van der Waals surface area contributed by atoms with Crippen molar-refractivity contribution in [3.05, 3.63) is 23.8 Å². The Morgan fingerprint density at radius 3 is 2.89 bits per heavy atom. The highest BCUT2D eigenvalue weighted by molar-refractivity contribution is 5.96. The molecule has 0 saturated heterocycles. The number of carbonyl (C=O) groups is 1. The SMILES string of the molecule is CN1C(=O)CCc2cc(NCCNC3CC3)ccc21. The first-order valence-electron chi connectivity index (χ1n) is 7.11. The minimum absolute atomic E-state index is 0.210. The number of aryl methyl sites for hydroxylation is 1. The number of anilines is 2. The highest BCUT2D eigenvalue weighted by Gasteiger charge is 2.21. The highest BCUT2D eigenvalue weighted by Crippen LogP contribution is 2.29. The summed E-state index contributed by atoms with van der Waals surface area (Å²) in [5, 5.41) is 6.92. The van der Waals surface area contributed by atoms with Crippen LogP contribution in [0.1, 0.15) is 24.8 Å². The summed E-state index contributed by atoms with van der Waals surface area (Å²) in [5.41, 5.74) is 3.47. The third-order valence-electron chi connectivity index (χ3n) is 3.89. The van der Waals surface area contributed by atoms with Crippen LogP contribution in [0.4, 0.5) is 11.4 Å². The van der Waals surface area contributed by atoms with Crippen molar-refractivity contribution in [3.8, 4) is 0 Å². The quantitative estimate of drug-likeness (QED) is 0.792. The molecule has 2 aliphatic rings. The molecule has 0 spiro atoms. The van der Waals surface area contributed by atoms with E-state index < -0.39 is 0 Å². The lowest BCUT2D eigenvalue weighted by Gasteiger charge is -2.26. The van der Waals surface area contributed by atoms with Crippen molar-refractivity contribution in [2.75, 3.05) is 30.4 Å². The van der Waals surface area contributed by atoms with Gasteiger partial charge in [-0.2, -0.15) is 0 Å². The van der Waals surface area contributed by atoms with Crippen molar-refractivity contribution in [1.29, 1.82) is 0 Å². The minimum Gasteiger partial charge on any atom is -0.384 e. The molecule has 1 aliphatic carbocycles. The van der Waals surface area contributed by atoms with Crippen molar-refractivity contribution >= 4 is 17.3 Å². The van der Waals surface area contributed by atoms with E-state index >= 15 is 0 Å². The number of hydrogen-bond donors (Lipinski definition) is 2. The van der Waals surface area contributed by atoms with Crippen LogP contribution in [-0.2, 0) is 11.2 Å². The number of hydrogen-bond acceptors (Lipinski definition) is 3. The highest BCUT2D eigenvalue weighted by atomic mass is 16.2. The molecule has 0 aromatic heterocycles. The molecule has 1 saturated carbocycles. The van der Waals surface area contributed by atoms with Gasteiger partial charge < -0.3 is 15.5 Å². The van der Waals surface area contributed by atoms with Gasteiger partial charge in [0, 0.05) is 44.0 Å². The zero-order valence-corrected chi connectivity index (χ0v) is 11.4. The van der Waals surface area contributed by atoms with E-state index in [4.69, 9.17) is 0 Å². The zero-order valence-electron chi connectivity index (χ0n) is 11.4. The molecule has 1 amide bonds. The van der Waals surface area contributed by atoms with Crippen LogP contribution in [0, 0.1) is 0 Å². The molecule has 1 aliphatic heterocycles. The topological polar surface area (TPSA) is 44.4 Å². The van der Waals surface area contributed by atoms with E-state index in [0.29, 0.717) is 6.42 Å². The van der Waals surface area contributed by atoms with Gasteiger partial charge in [-0.25, -0.2) is 0 Å². The van der Waals surface area contributed by atoms with Gasteiger partial charge in [-0.15, -0.1) is 0 Å². The Labute approximate surface area is 114 Å². The van der Waals surface area contributed by atoms with E-state index in [1.165, 1.54) is 18.4 Å². The maximum absolute atomic E-state index is 11.6. The second kappa shape index (κ2) is 5.21. The Balaban J connectivity index is 1.59. The van der Waals surface area contributed by atoms with Gasteiger partial charge in [0.05, 0.1) is 0 Å². The normalized spacial score (nSPS) is 18.4. The lowest BCUT2D eigenvalue weighted by Crippen LogP contribution is -2.31. The molecule has 0 atom stereocenters. The molecule has 4 nitrogen and oxygen atoms in total. The third kappa shape index (κ3) is 2.89. The van der Waals surface area contributed by atoms with Crippen molar-refractivity contribution in [3.63, 3.8) is 0 Å². The lowest BCUT2D eigenvalue weighted by molar-refractivity contribution is -0.118. The first-order chi connectivity index (χ1) is 9.24. The van der Waals surface area contributed by atoms with E-state index in [1.807, 2.05) is 13.1 Å². The van der Waals surface area contributed by atoms with E-state index in [0.717, 1.165) is 36.9 Å². The molecule has 1 fully saturated rings. The van der Waals surface area contributed by atoms with Gasteiger partial charge in [-0.3, -0.25) is 4.79 Å². The van der Waals surface area contributed by atoms with Gasteiger partial charge in [0.25, 0.3) is 0 Å². The number of benzene rings is 1. The number of nitrogens with one attached hydrogen (secondary N) is 2. The predicted octanol–water partition coefficient (Wildman–Crippen LogP) is 1.76. The largest absolute Gasteiger partial charge is 0.384 e. The average molecular weight is 259 g/mol. The summed E-state index contributed by atoms with van der Waals surface area (Å²) in [6, 6.07) is 7.05. The lowest BCUT2D eigenvalue weighted by atomic mass is 10.0. The van der Waals surface area contributed by atoms with Crippen LogP contribution < -0.4 is 15.5 Å². The molecule has 4 heteroatoms. The third-order valence-corrected chi connectivity index (χ3v) is 3.89. The molecule has 0 radical (unpaired) electrons. The fourth-order valence-electron chi connectivity index (χ4n) is 2.54. The fraction of sp³-hybridized carbons (Fsp3) is 0.533. The minimum atomic E-state index is 0.210. The summed E-state index contributed by atoms with van der Waals surface area (Å²) in [4.78, 5) is 13.4. The van der Waals surface area contributed by atoms with Crippen molar-refractivity contribution in [2.24, 2.45) is 0 Å². The van der Waals surface area contributed by atoms with Crippen LogP contribution in [0.15, 0.2) is 18.2 Å². The van der Waals surface area contributed by atoms with Gasteiger partial charge in [0.15, 0.2) is 0 Å². The second-order valence-electron chi connectivity index (χ2n) is 5.45. The first-order valence-corrected chi connectivity index (χ1v) is 7.11. The van der Waals surface area contributed by atoms with Gasteiger partial charge in [-0.1, -0.05) is 0 Å². The molecule has 3 rings (SSSR count). The molecule has 2 N–H and O–H groups in total. The summed E-state index contributed by atoms with van der Waals surface area (Å²) in [6.07, 6.45) is 4.14. The summed E-state index contributed by atoms with van der Waals surface area (Å²) >= 11 is 0. The van der Waals surface area contributed by atoms with Crippen LogP contribution in [0.5, 0.6) is 0 Å². The van der Waals surface area contributed by atoms with E-state index in [9.17, 15) is 4.79 Å². The Hall–Kier alpha value is -1.55.